The van der Waals surface area contributed by atoms with Gasteiger partial charge in [0.1, 0.15) is 30.1 Å². The zero-order chi connectivity index (χ0) is 23.7. The van der Waals surface area contributed by atoms with Gasteiger partial charge in [-0.05, 0) is 40.5 Å². The van der Waals surface area contributed by atoms with Crippen molar-refractivity contribution >= 4 is 17.8 Å². The molecule has 0 unspecified atom stereocenters. The van der Waals surface area contributed by atoms with Crippen LogP contribution in [0.15, 0.2) is 16.8 Å². The van der Waals surface area contributed by atoms with E-state index in [1.807, 2.05) is 0 Å². The van der Waals surface area contributed by atoms with Gasteiger partial charge in [0, 0.05) is 12.6 Å². The number of hydrogen-bond donors (Lipinski definition) is 4. The van der Waals surface area contributed by atoms with E-state index < -0.39 is 53.9 Å². The van der Waals surface area contributed by atoms with Crippen molar-refractivity contribution in [2.75, 3.05) is 13.2 Å². The van der Waals surface area contributed by atoms with Crippen molar-refractivity contribution in [3.05, 3.63) is 11.8 Å². The van der Waals surface area contributed by atoms with Crippen molar-refractivity contribution in [1.82, 2.24) is 5.32 Å². The zero-order valence-electron chi connectivity index (χ0n) is 18.7. The maximum atomic E-state index is 12.6. The second kappa shape index (κ2) is 9.22. The molecule has 0 aromatic carbocycles. The predicted octanol–water partition coefficient (Wildman–Crippen LogP) is -0.436. The fourth-order valence-corrected chi connectivity index (χ4v) is 3.93. The number of amides is 1. The fraction of sp³-hybridized carbons (Fsp3) is 0.750. The van der Waals surface area contributed by atoms with Gasteiger partial charge >= 0.3 is 5.97 Å². The molecule has 0 aliphatic carbocycles. The zero-order valence-corrected chi connectivity index (χ0v) is 18.7. The number of rotatable bonds is 8. The first-order chi connectivity index (χ1) is 14.9. The number of carboxylic acid groups (broad SMARTS) is 1. The molecule has 0 spiro atoms. The van der Waals surface area contributed by atoms with Gasteiger partial charge in [0.2, 0.25) is 5.91 Å². The number of hydrogen-bond acceptors (Lipinski definition) is 8. The van der Waals surface area contributed by atoms with Crippen molar-refractivity contribution in [1.29, 1.82) is 0 Å². The largest absolute Gasteiger partial charge is 0.486 e. The highest BCUT2D eigenvalue weighted by Gasteiger charge is 2.57. The molecule has 1 amide bonds. The van der Waals surface area contributed by atoms with Crippen LogP contribution in [0, 0.1) is 0 Å². The van der Waals surface area contributed by atoms with Gasteiger partial charge in [0.15, 0.2) is 23.6 Å². The number of guanidine groups is 1. The summed E-state index contributed by atoms with van der Waals surface area (Å²) in [6.07, 6.45) is -0.334. The molecule has 3 aliphatic heterocycles. The Balaban J connectivity index is 1.68. The van der Waals surface area contributed by atoms with Gasteiger partial charge in [-0.1, -0.05) is 0 Å². The number of aliphatic imine (C=N–C) groups is 1. The number of carbonyl (C=O) groups excluding carboxylic acids is 1. The minimum absolute atomic E-state index is 0.0742. The van der Waals surface area contributed by atoms with E-state index in [9.17, 15) is 14.7 Å². The van der Waals surface area contributed by atoms with Crippen molar-refractivity contribution < 1.29 is 38.4 Å². The summed E-state index contributed by atoms with van der Waals surface area (Å²) in [4.78, 5) is 27.9. The Kier molecular flexibility index (Phi) is 6.98. The number of aliphatic carboxylic acids is 1. The lowest BCUT2D eigenvalue weighted by Gasteiger charge is -2.26. The van der Waals surface area contributed by atoms with Gasteiger partial charge in [-0.25, -0.2) is 4.79 Å². The number of carbonyl (C=O) groups is 2. The number of ether oxygens (including phenoxy) is 5. The average Bonchev–Trinajstić information content (AvgIpc) is 3.28. The number of nitrogens with zero attached hydrogens (tertiary/aromatic N) is 1. The quantitative estimate of drug-likeness (QED) is 0.162. The van der Waals surface area contributed by atoms with Gasteiger partial charge < -0.3 is 45.6 Å². The Morgan fingerprint density at radius 3 is 2.50 bits per heavy atom. The molecule has 0 aromatic heterocycles. The van der Waals surface area contributed by atoms with Gasteiger partial charge in [0.25, 0.3) is 0 Å². The Bertz CT molecular complexity index is 792. The topological polar surface area (TPSA) is 177 Å². The molecular weight excluding hydrogens is 424 g/mol. The smallest absolute Gasteiger partial charge is 0.326 e. The van der Waals surface area contributed by atoms with Crippen LogP contribution in [0.1, 0.15) is 40.5 Å². The van der Waals surface area contributed by atoms with Crippen LogP contribution in [-0.2, 0) is 33.3 Å². The summed E-state index contributed by atoms with van der Waals surface area (Å²) < 4.78 is 29.5. The second-order valence-electron chi connectivity index (χ2n) is 8.87. The van der Waals surface area contributed by atoms with Crippen LogP contribution in [0.25, 0.3) is 0 Å². The molecule has 3 aliphatic rings. The van der Waals surface area contributed by atoms with Crippen molar-refractivity contribution in [3.63, 3.8) is 0 Å². The van der Waals surface area contributed by atoms with E-state index in [4.69, 9.17) is 35.2 Å². The summed E-state index contributed by atoms with van der Waals surface area (Å²) in [5.74, 6) is -3.24. The molecule has 12 nitrogen and oxygen atoms in total. The summed E-state index contributed by atoms with van der Waals surface area (Å²) in [5.41, 5.74) is 10.5. The van der Waals surface area contributed by atoms with E-state index in [1.165, 1.54) is 6.08 Å². The third-order valence-electron chi connectivity index (χ3n) is 5.24. The molecule has 3 rings (SSSR count). The molecule has 12 heteroatoms. The molecule has 3 heterocycles. The van der Waals surface area contributed by atoms with Crippen molar-refractivity contribution in [2.45, 2.75) is 82.6 Å². The van der Waals surface area contributed by atoms with Gasteiger partial charge in [-0.2, -0.15) is 0 Å². The fourth-order valence-electron chi connectivity index (χ4n) is 3.93. The molecule has 0 radical (unpaired) electrons. The highest BCUT2D eigenvalue weighted by molar-refractivity contribution is 5.91. The molecular formula is C20H32N4O8. The Morgan fingerprint density at radius 1 is 1.19 bits per heavy atom. The van der Waals surface area contributed by atoms with Crippen LogP contribution in [0.3, 0.4) is 0 Å². The maximum absolute atomic E-state index is 12.6. The minimum atomic E-state index is -1.16. The Labute approximate surface area is 186 Å². The second-order valence-corrected chi connectivity index (χ2v) is 8.87. The lowest BCUT2D eigenvalue weighted by atomic mass is 10.1. The first-order valence-electron chi connectivity index (χ1n) is 10.5. The van der Waals surface area contributed by atoms with Crippen LogP contribution in [0.4, 0.5) is 0 Å². The van der Waals surface area contributed by atoms with E-state index >= 15 is 0 Å². The monoisotopic (exact) mass is 456 g/mol. The Hall–Kier alpha value is -2.41. The summed E-state index contributed by atoms with van der Waals surface area (Å²) in [5, 5.41) is 11.9. The third kappa shape index (κ3) is 5.88. The lowest BCUT2D eigenvalue weighted by molar-refractivity contribution is -0.187. The molecule has 5 atom stereocenters. The van der Waals surface area contributed by atoms with E-state index in [1.54, 1.807) is 27.7 Å². The van der Waals surface area contributed by atoms with Crippen molar-refractivity contribution in [3.8, 4) is 0 Å². The standard InChI is InChI=1S/C20H32N4O8/c1-19(2)28-9-12(30-19)14-16-15(31-20(3,4)32-16)11(29-14)8-13(25)24-10(17(26)27)6-5-7-23-18(21)22/h8,10,12,14-16H,5-7,9H2,1-4H3,(H,24,25)(H,26,27)(H4,21,22,23)/b11-8-/t10-,12+,14-,15-,16+/m0/s1. The summed E-state index contributed by atoms with van der Waals surface area (Å²) >= 11 is 0. The molecule has 3 saturated heterocycles. The van der Waals surface area contributed by atoms with Gasteiger partial charge in [-0.3, -0.25) is 9.79 Å². The normalized spacial score (nSPS) is 32.2. The molecule has 180 valence electrons. The van der Waals surface area contributed by atoms with Crippen LogP contribution >= 0.6 is 0 Å². The predicted molar refractivity (Wildman–Crippen MR) is 111 cm³/mol. The molecule has 0 bridgehead atoms. The first kappa shape index (κ1) is 24.2. The third-order valence-corrected chi connectivity index (χ3v) is 5.24. The minimum Gasteiger partial charge on any atom is -0.486 e. The van der Waals surface area contributed by atoms with Crippen LogP contribution in [0.2, 0.25) is 0 Å². The number of fused-ring (bicyclic) bond motifs is 1. The first-order valence-corrected chi connectivity index (χ1v) is 10.5. The Morgan fingerprint density at radius 2 is 1.91 bits per heavy atom. The number of nitrogens with one attached hydrogen (secondary N) is 1. The number of nitrogens with two attached hydrogens (primary N) is 2. The average molecular weight is 456 g/mol. The van der Waals surface area contributed by atoms with Crippen LogP contribution in [-0.4, -0.2) is 78.1 Å². The van der Waals surface area contributed by atoms with Crippen molar-refractivity contribution in [2.24, 2.45) is 16.5 Å². The molecule has 3 fully saturated rings. The molecule has 32 heavy (non-hydrogen) atoms. The summed E-state index contributed by atoms with van der Waals surface area (Å²) in [6, 6.07) is -1.11. The summed E-state index contributed by atoms with van der Waals surface area (Å²) in [6.45, 7) is 7.72. The van der Waals surface area contributed by atoms with Gasteiger partial charge in [-0.15, -0.1) is 0 Å². The maximum Gasteiger partial charge on any atom is 0.326 e. The highest BCUT2D eigenvalue weighted by Crippen LogP contribution is 2.43. The lowest BCUT2D eigenvalue weighted by Crippen LogP contribution is -2.40. The molecule has 0 aromatic rings. The van der Waals surface area contributed by atoms with Gasteiger partial charge in [0.05, 0.1) is 6.61 Å². The van der Waals surface area contributed by atoms with Crippen LogP contribution in [0.5, 0.6) is 0 Å². The number of carboxylic acids is 1. The van der Waals surface area contributed by atoms with E-state index in [0.717, 1.165) is 0 Å². The van der Waals surface area contributed by atoms with E-state index in [2.05, 4.69) is 10.3 Å². The van der Waals surface area contributed by atoms with E-state index in [-0.39, 0.29) is 24.7 Å². The SMILES string of the molecule is CC1(C)OC[C@H]([C@@H]2O/C(=C\C(=O)N[C@@H](CCCN=C(N)N)C(=O)O)[C@@H]3OC(C)(C)O[C@H]23)O1. The van der Waals surface area contributed by atoms with E-state index in [0.29, 0.717) is 13.0 Å². The highest BCUT2D eigenvalue weighted by atomic mass is 16.8. The molecule has 6 N–H and O–H groups in total. The van der Waals surface area contributed by atoms with Crippen LogP contribution < -0.4 is 16.8 Å². The summed E-state index contributed by atoms with van der Waals surface area (Å²) in [7, 11) is 0. The molecule has 0 saturated carbocycles.